The molecule has 0 saturated heterocycles. The summed E-state index contributed by atoms with van der Waals surface area (Å²) in [5.41, 5.74) is -0.0926. The zero-order chi connectivity index (χ0) is 14.3. The van der Waals surface area contributed by atoms with Crippen molar-refractivity contribution in [3.8, 4) is 0 Å². The van der Waals surface area contributed by atoms with Gasteiger partial charge in [0.15, 0.2) is 0 Å². The Kier molecular flexibility index (Phi) is 6.56. The van der Waals surface area contributed by atoms with E-state index >= 15 is 0 Å². The maximum Gasteiger partial charge on any atom is 0.252 e. The van der Waals surface area contributed by atoms with Crippen molar-refractivity contribution in [1.82, 2.24) is 14.9 Å². The first-order chi connectivity index (χ1) is 9.06. The Labute approximate surface area is 115 Å². The molecule has 0 amide bonds. The third-order valence-corrected chi connectivity index (χ3v) is 3.16. The Morgan fingerprint density at radius 1 is 1.37 bits per heavy atom. The lowest BCUT2D eigenvalue weighted by Gasteiger charge is -2.17. The number of aromatic nitrogens is 2. The molecule has 0 fully saturated rings. The summed E-state index contributed by atoms with van der Waals surface area (Å²) in [4.78, 5) is 21.1. The molecule has 0 bridgehead atoms. The first kappa shape index (κ1) is 15.7. The van der Waals surface area contributed by atoms with Crippen molar-refractivity contribution in [3.05, 3.63) is 22.2 Å². The molecule has 0 aliphatic heterocycles. The van der Waals surface area contributed by atoms with Crippen molar-refractivity contribution >= 4 is 5.82 Å². The average Bonchev–Trinajstić information content (AvgIpc) is 2.38. The van der Waals surface area contributed by atoms with Crippen LogP contribution < -0.4 is 10.9 Å². The van der Waals surface area contributed by atoms with Gasteiger partial charge in [-0.05, 0) is 26.1 Å². The van der Waals surface area contributed by atoms with Crippen LogP contribution in [0.5, 0.6) is 0 Å². The highest BCUT2D eigenvalue weighted by Crippen LogP contribution is 2.08. The van der Waals surface area contributed by atoms with Crippen LogP contribution in [0.15, 0.2) is 10.9 Å². The van der Waals surface area contributed by atoms with E-state index in [1.54, 1.807) is 0 Å². The van der Waals surface area contributed by atoms with Gasteiger partial charge in [-0.3, -0.25) is 4.79 Å². The summed E-state index contributed by atoms with van der Waals surface area (Å²) in [6, 6.07) is 1.52. The molecule has 5 heteroatoms. The van der Waals surface area contributed by atoms with Crippen molar-refractivity contribution in [2.75, 3.05) is 31.5 Å². The second-order valence-corrected chi connectivity index (χ2v) is 4.98. The normalized spacial score (nSPS) is 11.3. The first-order valence-electron chi connectivity index (χ1n) is 7.14. The zero-order valence-corrected chi connectivity index (χ0v) is 12.5. The fraction of sp³-hybridized carbons (Fsp3) is 0.714. The summed E-state index contributed by atoms with van der Waals surface area (Å²) in [6.07, 6.45) is 1.05. The molecule has 0 spiro atoms. The van der Waals surface area contributed by atoms with Crippen LogP contribution in [0, 0.1) is 0 Å². The smallest absolute Gasteiger partial charge is 0.252 e. The van der Waals surface area contributed by atoms with Gasteiger partial charge in [-0.25, -0.2) is 4.98 Å². The van der Waals surface area contributed by atoms with Gasteiger partial charge in [-0.15, -0.1) is 0 Å². The molecule has 0 aliphatic rings. The van der Waals surface area contributed by atoms with Crippen LogP contribution in [-0.4, -0.2) is 41.0 Å². The van der Waals surface area contributed by atoms with E-state index in [-0.39, 0.29) is 11.5 Å². The summed E-state index contributed by atoms with van der Waals surface area (Å²) in [5.74, 6) is 1.64. The third-order valence-electron chi connectivity index (χ3n) is 3.16. The molecule has 19 heavy (non-hydrogen) atoms. The van der Waals surface area contributed by atoms with Crippen molar-refractivity contribution in [3.63, 3.8) is 0 Å². The maximum absolute atomic E-state index is 11.5. The molecule has 0 radical (unpaired) electrons. The monoisotopic (exact) mass is 266 g/mol. The van der Waals surface area contributed by atoms with E-state index in [1.807, 2.05) is 13.8 Å². The molecule has 2 N–H and O–H groups in total. The quantitative estimate of drug-likeness (QED) is 0.707. The summed E-state index contributed by atoms with van der Waals surface area (Å²) < 4.78 is 0. The maximum atomic E-state index is 11.5. The number of nitrogens with zero attached hydrogens (tertiary/aromatic N) is 2. The summed E-state index contributed by atoms with van der Waals surface area (Å²) in [6.45, 7) is 12.4. The van der Waals surface area contributed by atoms with E-state index in [4.69, 9.17) is 0 Å². The van der Waals surface area contributed by atoms with Gasteiger partial charge >= 0.3 is 0 Å². The van der Waals surface area contributed by atoms with Gasteiger partial charge in [0.1, 0.15) is 11.6 Å². The molecular weight excluding hydrogens is 240 g/mol. The van der Waals surface area contributed by atoms with Gasteiger partial charge in [0.25, 0.3) is 5.56 Å². The van der Waals surface area contributed by atoms with Crippen LogP contribution in [-0.2, 0) is 0 Å². The SMILES string of the molecule is CCN(CC)CCCNc1cc(=O)[nH]c(C(C)C)n1. The molecule has 0 unspecified atom stereocenters. The highest BCUT2D eigenvalue weighted by atomic mass is 16.1. The fourth-order valence-corrected chi connectivity index (χ4v) is 1.90. The summed E-state index contributed by atoms with van der Waals surface area (Å²) >= 11 is 0. The van der Waals surface area contributed by atoms with Gasteiger partial charge in [-0.2, -0.15) is 0 Å². The van der Waals surface area contributed by atoms with E-state index < -0.39 is 0 Å². The van der Waals surface area contributed by atoms with Gasteiger partial charge in [-0.1, -0.05) is 27.7 Å². The van der Waals surface area contributed by atoms with Crippen molar-refractivity contribution in [2.24, 2.45) is 0 Å². The molecule has 1 aromatic rings. The van der Waals surface area contributed by atoms with Crippen molar-refractivity contribution in [2.45, 2.75) is 40.0 Å². The predicted octanol–water partition coefficient (Wildman–Crippen LogP) is 2.04. The van der Waals surface area contributed by atoms with E-state index in [9.17, 15) is 4.79 Å². The average molecular weight is 266 g/mol. The molecule has 0 atom stereocenters. The van der Waals surface area contributed by atoms with Crippen LogP contribution in [0.2, 0.25) is 0 Å². The standard InChI is InChI=1S/C14H26N4O/c1-5-18(6-2)9-7-8-15-12-10-13(19)17-14(16-12)11(3)4/h10-11H,5-9H2,1-4H3,(H2,15,16,17,19). The van der Waals surface area contributed by atoms with Crippen LogP contribution in [0.25, 0.3) is 0 Å². The second kappa shape index (κ2) is 7.94. The third kappa shape index (κ3) is 5.42. The first-order valence-corrected chi connectivity index (χ1v) is 7.14. The van der Waals surface area contributed by atoms with Crippen LogP contribution in [0.3, 0.4) is 0 Å². The van der Waals surface area contributed by atoms with Gasteiger partial charge in [0, 0.05) is 18.5 Å². The Balaban J connectivity index is 2.47. The molecule has 0 saturated carbocycles. The summed E-state index contributed by atoms with van der Waals surface area (Å²) in [7, 11) is 0. The largest absolute Gasteiger partial charge is 0.370 e. The Morgan fingerprint density at radius 2 is 2.05 bits per heavy atom. The Morgan fingerprint density at radius 3 is 2.63 bits per heavy atom. The van der Waals surface area contributed by atoms with Gasteiger partial charge < -0.3 is 15.2 Å². The molecule has 1 aromatic heterocycles. The lowest BCUT2D eigenvalue weighted by atomic mass is 10.2. The molecule has 1 heterocycles. The fourth-order valence-electron chi connectivity index (χ4n) is 1.90. The van der Waals surface area contributed by atoms with Gasteiger partial charge in [0.05, 0.1) is 0 Å². The minimum Gasteiger partial charge on any atom is -0.370 e. The van der Waals surface area contributed by atoms with Crippen LogP contribution in [0.1, 0.15) is 45.9 Å². The minimum atomic E-state index is -0.0926. The topological polar surface area (TPSA) is 61.0 Å². The number of rotatable bonds is 8. The number of hydrogen-bond acceptors (Lipinski definition) is 4. The summed E-state index contributed by atoms with van der Waals surface area (Å²) in [5, 5.41) is 3.23. The molecule has 1 rings (SSSR count). The van der Waals surface area contributed by atoms with E-state index in [1.165, 1.54) is 6.07 Å². The number of H-pyrrole nitrogens is 1. The lowest BCUT2D eigenvalue weighted by molar-refractivity contribution is 0.303. The number of nitrogens with one attached hydrogen (secondary N) is 2. The molecule has 0 aromatic carbocycles. The minimum absolute atomic E-state index is 0.0926. The van der Waals surface area contributed by atoms with Crippen molar-refractivity contribution in [1.29, 1.82) is 0 Å². The molecule has 0 aliphatic carbocycles. The zero-order valence-electron chi connectivity index (χ0n) is 12.5. The van der Waals surface area contributed by atoms with E-state index in [0.29, 0.717) is 5.82 Å². The lowest BCUT2D eigenvalue weighted by Crippen LogP contribution is -2.25. The molecule has 5 nitrogen and oxygen atoms in total. The van der Waals surface area contributed by atoms with E-state index in [0.717, 1.165) is 38.4 Å². The Hall–Kier alpha value is -1.36. The van der Waals surface area contributed by atoms with E-state index in [2.05, 4.69) is 34.0 Å². The molecular formula is C14H26N4O. The number of aromatic amines is 1. The highest BCUT2D eigenvalue weighted by Gasteiger charge is 2.05. The number of anilines is 1. The van der Waals surface area contributed by atoms with Crippen LogP contribution in [0.4, 0.5) is 5.82 Å². The second-order valence-electron chi connectivity index (χ2n) is 4.98. The van der Waals surface area contributed by atoms with Crippen molar-refractivity contribution < 1.29 is 0 Å². The predicted molar refractivity (Wildman–Crippen MR) is 79.8 cm³/mol. The molecule has 108 valence electrons. The Bertz CT molecular complexity index is 424. The van der Waals surface area contributed by atoms with Crippen LogP contribution >= 0.6 is 0 Å². The van der Waals surface area contributed by atoms with Gasteiger partial charge in [0.2, 0.25) is 0 Å². The highest BCUT2D eigenvalue weighted by molar-refractivity contribution is 5.33. The number of hydrogen-bond donors (Lipinski definition) is 2.